The normalized spacial score (nSPS) is 33.5. The quantitative estimate of drug-likeness (QED) is 0.457. The third kappa shape index (κ3) is 4.08. The summed E-state index contributed by atoms with van der Waals surface area (Å²) in [6.45, 7) is 1.88. The molecule has 0 aromatic rings. The van der Waals surface area contributed by atoms with Crippen LogP contribution in [0.1, 0.15) is 32.6 Å². The van der Waals surface area contributed by atoms with Crippen LogP contribution >= 0.6 is 0 Å². The van der Waals surface area contributed by atoms with Gasteiger partial charge in [-0.05, 0) is 26.2 Å². The van der Waals surface area contributed by atoms with Gasteiger partial charge in [-0.2, -0.15) is 0 Å². The molecule has 1 rings (SSSR count). The van der Waals surface area contributed by atoms with Gasteiger partial charge in [0.25, 0.3) is 0 Å². The predicted molar refractivity (Wildman–Crippen MR) is 49.2 cm³/mol. The summed E-state index contributed by atoms with van der Waals surface area (Å²) in [5, 5.41) is 9.30. The Labute approximate surface area is 78.4 Å². The van der Waals surface area contributed by atoms with Gasteiger partial charge >= 0.3 is 5.97 Å². The van der Waals surface area contributed by atoms with Crippen LogP contribution in [0, 0.1) is 0 Å². The molecule has 2 atom stereocenters. The molecule has 0 amide bonds. The fourth-order valence-electron chi connectivity index (χ4n) is 1.35. The van der Waals surface area contributed by atoms with E-state index in [0.717, 1.165) is 19.3 Å². The highest BCUT2D eigenvalue weighted by molar-refractivity contribution is 5.70. The highest BCUT2D eigenvalue weighted by Crippen LogP contribution is 2.10. The van der Waals surface area contributed by atoms with Crippen molar-refractivity contribution in [2.24, 2.45) is 0 Å². The van der Waals surface area contributed by atoms with Crippen LogP contribution in [0.25, 0.3) is 0 Å². The van der Waals surface area contributed by atoms with E-state index in [1.165, 1.54) is 0 Å². The van der Waals surface area contributed by atoms with E-state index in [4.69, 9.17) is 4.74 Å². The van der Waals surface area contributed by atoms with Gasteiger partial charge in [-0.25, -0.2) is 0 Å². The third-order valence-electron chi connectivity index (χ3n) is 2.05. The van der Waals surface area contributed by atoms with Gasteiger partial charge in [-0.3, -0.25) is 4.79 Å². The van der Waals surface area contributed by atoms with Crippen LogP contribution in [0.5, 0.6) is 0 Å². The van der Waals surface area contributed by atoms with Gasteiger partial charge in [0.15, 0.2) is 0 Å². The van der Waals surface area contributed by atoms with Gasteiger partial charge in [-0.15, -0.1) is 0 Å². The fraction of sp³-hybridized carbons (Fsp3) is 0.700. The van der Waals surface area contributed by atoms with E-state index in [0.29, 0.717) is 0 Å². The van der Waals surface area contributed by atoms with Gasteiger partial charge in [-0.1, -0.05) is 12.2 Å². The maximum absolute atomic E-state index is 11.1. The lowest BCUT2D eigenvalue weighted by Crippen LogP contribution is -2.19. The molecule has 1 heterocycles. The monoisotopic (exact) mass is 184 g/mol. The minimum atomic E-state index is -0.683. The summed E-state index contributed by atoms with van der Waals surface area (Å²) in [4.78, 5) is 11.1. The molecule has 3 nitrogen and oxygen atoms in total. The lowest BCUT2D eigenvalue weighted by atomic mass is 10.1. The van der Waals surface area contributed by atoms with Crippen LogP contribution in [-0.4, -0.2) is 23.3 Å². The number of carbonyl (C=O) groups is 1. The van der Waals surface area contributed by atoms with E-state index in [1.54, 1.807) is 6.08 Å². The number of rotatable bonds is 0. The number of hydrogen-bond acceptors (Lipinski definition) is 3. The molecule has 0 saturated carbocycles. The van der Waals surface area contributed by atoms with Gasteiger partial charge in [0.05, 0.1) is 18.6 Å². The summed E-state index contributed by atoms with van der Waals surface area (Å²) in [7, 11) is 0. The highest BCUT2D eigenvalue weighted by atomic mass is 16.5. The first kappa shape index (κ1) is 10.3. The van der Waals surface area contributed by atoms with E-state index in [1.807, 2.05) is 13.0 Å². The SMILES string of the molecule is CC1CCC/C=C/C(O)CC(=O)O1. The first-order chi connectivity index (χ1) is 6.18. The Morgan fingerprint density at radius 3 is 3.15 bits per heavy atom. The van der Waals surface area contributed by atoms with Gasteiger partial charge in [0.1, 0.15) is 0 Å². The van der Waals surface area contributed by atoms with E-state index in [-0.39, 0.29) is 18.5 Å². The third-order valence-corrected chi connectivity index (χ3v) is 2.05. The van der Waals surface area contributed by atoms with Crippen molar-refractivity contribution in [2.45, 2.75) is 44.8 Å². The first-order valence-corrected chi connectivity index (χ1v) is 4.72. The van der Waals surface area contributed by atoms with Crippen LogP contribution in [0.3, 0.4) is 0 Å². The van der Waals surface area contributed by atoms with Crippen molar-refractivity contribution in [3.8, 4) is 0 Å². The molecule has 13 heavy (non-hydrogen) atoms. The zero-order valence-electron chi connectivity index (χ0n) is 7.90. The van der Waals surface area contributed by atoms with E-state index < -0.39 is 6.10 Å². The van der Waals surface area contributed by atoms with Gasteiger partial charge < -0.3 is 9.84 Å². The molecule has 1 aliphatic heterocycles. The van der Waals surface area contributed by atoms with Crippen LogP contribution in [0.15, 0.2) is 12.2 Å². The molecule has 2 unspecified atom stereocenters. The Morgan fingerprint density at radius 1 is 1.62 bits per heavy atom. The fourth-order valence-corrected chi connectivity index (χ4v) is 1.35. The van der Waals surface area contributed by atoms with Crippen molar-refractivity contribution in [1.82, 2.24) is 0 Å². The minimum absolute atomic E-state index is 0.0220. The van der Waals surface area contributed by atoms with Crippen molar-refractivity contribution in [3.63, 3.8) is 0 Å². The standard InChI is InChI=1S/C10H16O3/c1-8-5-3-2-4-6-9(11)7-10(12)13-8/h4,6,8-9,11H,2-3,5,7H2,1H3/b6-4+. The second-order valence-electron chi connectivity index (χ2n) is 3.43. The molecule has 1 aliphatic rings. The molecular weight excluding hydrogens is 168 g/mol. The Morgan fingerprint density at radius 2 is 2.38 bits per heavy atom. The summed E-state index contributed by atoms with van der Waals surface area (Å²) in [5.41, 5.74) is 0. The molecule has 74 valence electrons. The second-order valence-corrected chi connectivity index (χ2v) is 3.43. The van der Waals surface area contributed by atoms with Crippen molar-refractivity contribution < 1.29 is 14.6 Å². The van der Waals surface area contributed by atoms with E-state index >= 15 is 0 Å². The molecule has 0 radical (unpaired) electrons. The Balaban J connectivity index is 2.51. The summed E-state index contributed by atoms with van der Waals surface area (Å²) >= 11 is 0. The van der Waals surface area contributed by atoms with Gasteiger partial charge in [0.2, 0.25) is 0 Å². The average Bonchev–Trinajstić information content (AvgIpc) is 2.02. The molecule has 0 spiro atoms. The van der Waals surface area contributed by atoms with Crippen molar-refractivity contribution >= 4 is 5.97 Å². The molecule has 0 bridgehead atoms. The second kappa shape index (κ2) is 5.02. The predicted octanol–water partition coefficient (Wildman–Crippen LogP) is 1.41. The maximum Gasteiger partial charge on any atom is 0.309 e. The summed E-state index contributed by atoms with van der Waals surface area (Å²) in [5.74, 6) is -0.313. The number of aliphatic hydroxyl groups excluding tert-OH is 1. The van der Waals surface area contributed by atoms with Crippen LogP contribution in [-0.2, 0) is 9.53 Å². The first-order valence-electron chi connectivity index (χ1n) is 4.72. The number of carbonyl (C=O) groups excluding carboxylic acids is 1. The Hall–Kier alpha value is -0.830. The largest absolute Gasteiger partial charge is 0.463 e. The number of aliphatic hydroxyl groups is 1. The Bertz CT molecular complexity index is 198. The summed E-state index contributed by atoms with van der Waals surface area (Å²) < 4.78 is 5.06. The molecule has 0 fully saturated rings. The molecule has 0 saturated heterocycles. The average molecular weight is 184 g/mol. The lowest BCUT2D eigenvalue weighted by molar-refractivity contribution is -0.150. The summed E-state index contributed by atoms with van der Waals surface area (Å²) in [6.07, 6.45) is 5.79. The molecular formula is C10H16O3. The molecule has 0 aromatic carbocycles. The number of hydrogen-bond donors (Lipinski definition) is 1. The van der Waals surface area contributed by atoms with E-state index in [2.05, 4.69) is 0 Å². The minimum Gasteiger partial charge on any atom is -0.463 e. The molecule has 1 N–H and O–H groups in total. The molecule has 3 heteroatoms. The number of allylic oxidation sites excluding steroid dienone is 1. The Kier molecular flexibility index (Phi) is 3.96. The van der Waals surface area contributed by atoms with Crippen LogP contribution in [0.2, 0.25) is 0 Å². The van der Waals surface area contributed by atoms with Crippen molar-refractivity contribution in [3.05, 3.63) is 12.2 Å². The highest BCUT2D eigenvalue weighted by Gasteiger charge is 2.13. The zero-order chi connectivity index (χ0) is 9.68. The molecule has 0 aromatic heterocycles. The zero-order valence-corrected chi connectivity index (χ0v) is 7.90. The molecule has 0 aliphatic carbocycles. The maximum atomic E-state index is 11.1. The topological polar surface area (TPSA) is 46.5 Å². The number of esters is 1. The van der Waals surface area contributed by atoms with Crippen molar-refractivity contribution in [2.75, 3.05) is 0 Å². The van der Waals surface area contributed by atoms with Crippen molar-refractivity contribution in [1.29, 1.82) is 0 Å². The summed E-state index contributed by atoms with van der Waals surface area (Å²) in [6, 6.07) is 0. The number of ether oxygens (including phenoxy) is 1. The van der Waals surface area contributed by atoms with Crippen LogP contribution < -0.4 is 0 Å². The van der Waals surface area contributed by atoms with Gasteiger partial charge in [0, 0.05) is 0 Å². The lowest BCUT2D eigenvalue weighted by Gasteiger charge is -2.15. The smallest absolute Gasteiger partial charge is 0.309 e. The number of cyclic esters (lactones) is 1. The van der Waals surface area contributed by atoms with E-state index in [9.17, 15) is 9.90 Å². The van der Waals surface area contributed by atoms with Crippen LogP contribution in [0.4, 0.5) is 0 Å².